The van der Waals surface area contributed by atoms with Gasteiger partial charge in [0.15, 0.2) is 0 Å². The van der Waals surface area contributed by atoms with Gasteiger partial charge in [0.25, 0.3) is 0 Å². The fraction of sp³-hybridized carbons (Fsp3) is 0.720. The third-order valence-corrected chi connectivity index (χ3v) is 7.61. The second-order valence-corrected chi connectivity index (χ2v) is 9.78. The van der Waals surface area contributed by atoms with Crippen LogP contribution >= 0.6 is 0 Å². The number of carbonyl (C=O) groups excluding carboxylic acids is 3. The molecule has 0 aromatic heterocycles. The van der Waals surface area contributed by atoms with Crippen molar-refractivity contribution in [3.8, 4) is 0 Å². The number of likely N-dealkylation sites (tertiary alicyclic amines) is 1. The lowest BCUT2D eigenvalue weighted by Crippen LogP contribution is -2.57. The van der Waals surface area contributed by atoms with Crippen molar-refractivity contribution in [2.45, 2.75) is 76.2 Å². The van der Waals surface area contributed by atoms with Crippen LogP contribution in [-0.2, 0) is 23.9 Å². The van der Waals surface area contributed by atoms with Gasteiger partial charge < -0.3 is 24.4 Å². The number of fused-ring (bicyclic) bond motifs is 2. The van der Waals surface area contributed by atoms with Gasteiger partial charge in [0.2, 0.25) is 11.8 Å². The maximum atomic E-state index is 14.0. The number of esters is 1. The smallest absolute Gasteiger partial charge is 0.313 e. The van der Waals surface area contributed by atoms with Gasteiger partial charge in [0, 0.05) is 25.7 Å². The van der Waals surface area contributed by atoms with Crippen LogP contribution in [-0.4, -0.2) is 82.3 Å². The fourth-order valence-corrected chi connectivity index (χ4v) is 6.02. The number of cyclic esters (lactones) is 1. The molecule has 0 aromatic carbocycles. The van der Waals surface area contributed by atoms with Gasteiger partial charge >= 0.3 is 5.97 Å². The van der Waals surface area contributed by atoms with E-state index < -0.39 is 35.0 Å². The topological polar surface area (TPSA) is 96.4 Å². The van der Waals surface area contributed by atoms with Gasteiger partial charge in [0.05, 0.1) is 12.5 Å². The van der Waals surface area contributed by atoms with Crippen LogP contribution in [0.1, 0.15) is 52.9 Å². The molecule has 0 radical (unpaired) electrons. The molecule has 0 saturated carbocycles. The van der Waals surface area contributed by atoms with Gasteiger partial charge in [-0.1, -0.05) is 31.2 Å². The van der Waals surface area contributed by atoms with E-state index in [1.165, 1.54) is 0 Å². The Bertz CT molecular complexity index is 854. The lowest BCUT2D eigenvalue weighted by molar-refractivity contribution is -0.162. The van der Waals surface area contributed by atoms with E-state index in [0.717, 1.165) is 6.42 Å². The van der Waals surface area contributed by atoms with Crippen LogP contribution in [0, 0.1) is 11.8 Å². The number of amides is 2. The average molecular weight is 461 g/mol. The molecule has 0 aliphatic carbocycles. The minimum absolute atomic E-state index is 0.0391. The second kappa shape index (κ2) is 9.22. The van der Waals surface area contributed by atoms with E-state index >= 15 is 0 Å². The van der Waals surface area contributed by atoms with E-state index in [-0.39, 0.29) is 31.1 Å². The van der Waals surface area contributed by atoms with E-state index in [1.807, 2.05) is 45.1 Å². The number of unbranched alkanes of at least 4 members (excludes halogenated alkanes) is 2. The van der Waals surface area contributed by atoms with Crippen LogP contribution < -0.4 is 0 Å². The minimum atomic E-state index is -1.22. The number of carbonyl (C=O) groups is 3. The molecule has 1 spiro atoms. The standard InChI is InChI=1S/C25H36N2O6/c1-4-24-11-6-9-16-32-23(31)19(24)18-21(29)27(13-7-5-8-15-28)20-22(30)26(17(2)3)14-10-12-25(18,20)33-24/h6,10-12,17-20,28H,4-5,7-9,13-16H2,1-3H3/t18-,19+,20?,24-,25-/m0/s1. The van der Waals surface area contributed by atoms with Crippen molar-refractivity contribution in [3.63, 3.8) is 0 Å². The Kier molecular flexibility index (Phi) is 6.69. The van der Waals surface area contributed by atoms with Crippen molar-refractivity contribution in [2.75, 3.05) is 26.3 Å². The number of aliphatic hydroxyl groups excluding tert-OH is 1. The molecular formula is C25H36N2O6. The van der Waals surface area contributed by atoms with Crippen LogP contribution in [0.4, 0.5) is 0 Å². The number of rotatable bonds is 7. The Labute approximate surface area is 195 Å². The molecular weight excluding hydrogens is 424 g/mol. The summed E-state index contributed by atoms with van der Waals surface area (Å²) in [4.78, 5) is 44.5. The largest absolute Gasteiger partial charge is 0.465 e. The molecule has 5 atom stereocenters. The zero-order valence-electron chi connectivity index (χ0n) is 19.9. The van der Waals surface area contributed by atoms with Gasteiger partial charge in [-0.15, -0.1) is 0 Å². The first-order chi connectivity index (χ1) is 15.8. The van der Waals surface area contributed by atoms with Crippen molar-refractivity contribution < 1.29 is 29.0 Å². The predicted octanol–water partition coefficient (Wildman–Crippen LogP) is 1.82. The number of ether oxygens (including phenoxy) is 2. The Hall–Kier alpha value is -2.19. The summed E-state index contributed by atoms with van der Waals surface area (Å²) in [5.41, 5.74) is -2.21. The van der Waals surface area contributed by atoms with E-state index in [0.29, 0.717) is 38.8 Å². The number of nitrogens with zero attached hydrogens (tertiary/aromatic N) is 2. The summed E-state index contributed by atoms with van der Waals surface area (Å²) in [6.07, 6.45) is 10.8. The quantitative estimate of drug-likeness (QED) is 0.354. The highest BCUT2D eigenvalue weighted by Gasteiger charge is 2.75. The first-order valence-electron chi connectivity index (χ1n) is 12.3. The highest BCUT2D eigenvalue weighted by Crippen LogP contribution is 2.58. The average Bonchev–Trinajstić information content (AvgIpc) is 3.11. The van der Waals surface area contributed by atoms with Crippen molar-refractivity contribution in [3.05, 3.63) is 24.3 Å². The summed E-state index contributed by atoms with van der Waals surface area (Å²) in [6, 6.07) is -0.870. The SMILES string of the molecule is CC[C@]12C=CCCOC(=O)[C@H]1[C@H]1C(=O)N(CCCCCO)C3C(=O)N(C(C)C)CC=C[C@@]31O2. The molecule has 1 unspecified atom stereocenters. The van der Waals surface area contributed by atoms with Gasteiger partial charge in [-0.3, -0.25) is 14.4 Å². The third kappa shape index (κ3) is 3.71. The predicted molar refractivity (Wildman–Crippen MR) is 121 cm³/mol. The minimum Gasteiger partial charge on any atom is -0.465 e. The Morgan fingerprint density at radius 3 is 2.58 bits per heavy atom. The second-order valence-electron chi connectivity index (χ2n) is 9.78. The molecule has 2 saturated heterocycles. The van der Waals surface area contributed by atoms with E-state index in [9.17, 15) is 14.4 Å². The van der Waals surface area contributed by atoms with Crippen LogP contribution in [0.5, 0.6) is 0 Å². The van der Waals surface area contributed by atoms with Crippen molar-refractivity contribution in [2.24, 2.45) is 11.8 Å². The molecule has 0 bridgehead atoms. The zero-order chi connectivity index (χ0) is 23.8. The maximum absolute atomic E-state index is 14.0. The van der Waals surface area contributed by atoms with Crippen molar-refractivity contribution >= 4 is 17.8 Å². The molecule has 2 fully saturated rings. The molecule has 0 aromatic rings. The molecule has 8 nitrogen and oxygen atoms in total. The Morgan fingerprint density at radius 1 is 1.09 bits per heavy atom. The van der Waals surface area contributed by atoms with Crippen LogP contribution in [0.2, 0.25) is 0 Å². The molecule has 4 heterocycles. The van der Waals surface area contributed by atoms with Crippen molar-refractivity contribution in [1.82, 2.24) is 9.80 Å². The summed E-state index contributed by atoms with van der Waals surface area (Å²) < 4.78 is 12.3. The van der Waals surface area contributed by atoms with Crippen LogP contribution in [0.25, 0.3) is 0 Å². The number of aliphatic hydroxyl groups is 1. The summed E-state index contributed by atoms with van der Waals surface area (Å²) in [5, 5.41) is 9.14. The van der Waals surface area contributed by atoms with Crippen molar-refractivity contribution in [1.29, 1.82) is 0 Å². The normalized spacial score (nSPS) is 35.8. The Balaban J connectivity index is 1.82. The van der Waals surface area contributed by atoms with E-state index in [4.69, 9.17) is 14.6 Å². The monoisotopic (exact) mass is 460 g/mol. The summed E-state index contributed by atoms with van der Waals surface area (Å²) >= 11 is 0. The van der Waals surface area contributed by atoms with Crippen LogP contribution in [0.15, 0.2) is 24.3 Å². The summed E-state index contributed by atoms with van der Waals surface area (Å²) in [6.45, 7) is 7.04. The fourth-order valence-electron chi connectivity index (χ4n) is 6.02. The summed E-state index contributed by atoms with van der Waals surface area (Å²) in [7, 11) is 0. The van der Waals surface area contributed by atoms with Crippen LogP contribution in [0.3, 0.4) is 0 Å². The molecule has 4 aliphatic heterocycles. The van der Waals surface area contributed by atoms with E-state index in [1.54, 1.807) is 9.80 Å². The summed E-state index contributed by atoms with van der Waals surface area (Å²) in [5.74, 6) is -2.42. The first-order valence-corrected chi connectivity index (χ1v) is 12.3. The molecule has 182 valence electrons. The number of hydrogen-bond donors (Lipinski definition) is 1. The highest BCUT2D eigenvalue weighted by molar-refractivity contribution is 5.99. The van der Waals surface area contributed by atoms with Gasteiger partial charge in [0.1, 0.15) is 23.2 Å². The maximum Gasteiger partial charge on any atom is 0.313 e. The zero-order valence-corrected chi connectivity index (χ0v) is 19.9. The van der Waals surface area contributed by atoms with Gasteiger partial charge in [-0.05, 0) is 46.0 Å². The first kappa shape index (κ1) is 24.0. The third-order valence-electron chi connectivity index (χ3n) is 7.61. The Morgan fingerprint density at radius 2 is 1.88 bits per heavy atom. The lowest BCUT2D eigenvalue weighted by Gasteiger charge is -2.39. The molecule has 8 heteroatoms. The lowest BCUT2D eigenvalue weighted by atomic mass is 9.73. The molecule has 33 heavy (non-hydrogen) atoms. The van der Waals surface area contributed by atoms with Gasteiger partial charge in [-0.2, -0.15) is 0 Å². The van der Waals surface area contributed by atoms with Gasteiger partial charge in [-0.25, -0.2) is 0 Å². The molecule has 4 rings (SSSR count). The highest BCUT2D eigenvalue weighted by atomic mass is 16.6. The molecule has 1 N–H and O–H groups in total. The molecule has 2 amide bonds. The molecule has 4 aliphatic rings. The number of hydrogen-bond acceptors (Lipinski definition) is 6. The van der Waals surface area contributed by atoms with E-state index in [2.05, 4.69) is 0 Å².